The minimum atomic E-state index is -5.38. The molecule has 0 spiro atoms. The zero-order chi connectivity index (χ0) is 4.50. The normalized spacial score (nSPS) is 14.4. The number of hydrogen-bond acceptors (Lipinski definition) is 4. The SMILES string of the molecule is [O]=[Co-5](=[O])(=[O])=[O]. The average Bonchev–Trinajstić information content (AvgIpc) is 0.722. The molecule has 0 saturated carbocycles. The van der Waals surface area contributed by atoms with E-state index in [0.717, 1.165) is 0 Å². The topological polar surface area (TPSA) is 68.3 Å². The van der Waals surface area contributed by atoms with E-state index in [2.05, 4.69) is 0 Å². The first-order chi connectivity index (χ1) is 2.00. The van der Waals surface area contributed by atoms with Crippen LogP contribution in [-0.4, -0.2) is 0 Å². The summed E-state index contributed by atoms with van der Waals surface area (Å²) in [6.45, 7) is 0. The maximum atomic E-state index is 8.55. The third-order valence-electron chi connectivity index (χ3n) is 0. The van der Waals surface area contributed by atoms with Crippen LogP contribution in [-0.2, 0) is 27.8 Å². The zero-order valence-corrected chi connectivity index (χ0v) is 3.01. The molecule has 38 valence electrons. The van der Waals surface area contributed by atoms with Crippen molar-refractivity contribution < 1.29 is 27.8 Å². The van der Waals surface area contributed by atoms with Crippen molar-refractivity contribution in [2.24, 2.45) is 0 Å². The predicted molar refractivity (Wildman–Crippen MR) is 2.75 cm³/mol. The Morgan fingerprint density at radius 2 is 0.800 bits per heavy atom. The maximum absolute atomic E-state index is 8.55. The molecule has 0 radical (unpaired) electrons. The Hall–Kier alpha value is -0.294. The van der Waals surface area contributed by atoms with Crippen LogP contribution in [0.1, 0.15) is 0 Å². The summed E-state index contributed by atoms with van der Waals surface area (Å²) in [5.74, 6) is 0. The molecule has 4 nitrogen and oxygen atoms in total. The molecule has 5 heavy (non-hydrogen) atoms. The summed E-state index contributed by atoms with van der Waals surface area (Å²) < 4.78 is 34.2. The van der Waals surface area contributed by atoms with Gasteiger partial charge in [0.15, 0.2) is 0 Å². The molecule has 0 N–H and O–H groups in total. The molecular formula is CoO4-5. The second-order valence-electron chi connectivity index (χ2n) is 0.333. The first-order valence-electron chi connectivity index (χ1n) is 0.544. The van der Waals surface area contributed by atoms with Crippen LogP contribution in [0.25, 0.3) is 0 Å². The van der Waals surface area contributed by atoms with Gasteiger partial charge in [-0.2, -0.15) is 0 Å². The van der Waals surface area contributed by atoms with E-state index in [1.807, 2.05) is 0 Å². The summed E-state index contributed by atoms with van der Waals surface area (Å²) in [6, 6.07) is 0. The fraction of sp³-hybridized carbons (Fsp3) is 0. The van der Waals surface area contributed by atoms with Crippen LogP contribution in [0.3, 0.4) is 0 Å². The molecular weight excluding hydrogens is 123 g/mol. The van der Waals surface area contributed by atoms with Crippen molar-refractivity contribution in [3.05, 3.63) is 0 Å². The van der Waals surface area contributed by atoms with Crippen molar-refractivity contribution in [3.8, 4) is 0 Å². The fourth-order valence-electron chi connectivity index (χ4n) is 0. The van der Waals surface area contributed by atoms with E-state index >= 15 is 0 Å². The molecule has 0 heterocycles. The number of rotatable bonds is 0. The first kappa shape index (κ1) is 4.71. The van der Waals surface area contributed by atoms with E-state index in [0.29, 0.717) is 0 Å². The van der Waals surface area contributed by atoms with Crippen LogP contribution >= 0.6 is 0 Å². The molecule has 0 aliphatic carbocycles. The molecule has 0 aromatic heterocycles. The van der Waals surface area contributed by atoms with E-state index in [9.17, 15) is 0 Å². The van der Waals surface area contributed by atoms with Crippen LogP contribution in [0.5, 0.6) is 0 Å². The summed E-state index contributed by atoms with van der Waals surface area (Å²) in [5, 5.41) is 0. The van der Waals surface area contributed by atoms with Crippen LogP contribution in [0.15, 0.2) is 0 Å². The van der Waals surface area contributed by atoms with Gasteiger partial charge in [-0.05, 0) is 0 Å². The van der Waals surface area contributed by atoms with Crippen LogP contribution in [0.4, 0.5) is 0 Å². The fourth-order valence-corrected chi connectivity index (χ4v) is 0. The second kappa shape index (κ2) is 0.834. The Labute approximate surface area is 28.7 Å². The summed E-state index contributed by atoms with van der Waals surface area (Å²) in [5.41, 5.74) is 0. The van der Waals surface area contributed by atoms with Gasteiger partial charge in [0, 0.05) is 0 Å². The predicted octanol–water partition coefficient (Wildman–Crippen LogP) is -0.478. The summed E-state index contributed by atoms with van der Waals surface area (Å²) >= 11 is -5.38. The van der Waals surface area contributed by atoms with Crippen molar-refractivity contribution in [1.29, 1.82) is 0 Å². The molecule has 0 atom stereocenters. The van der Waals surface area contributed by atoms with Gasteiger partial charge in [-0.15, -0.1) is 0 Å². The van der Waals surface area contributed by atoms with Crippen LogP contribution < -0.4 is 0 Å². The van der Waals surface area contributed by atoms with Crippen LogP contribution in [0.2, 0.25) is 0 Å². The van der Waals surface area contributed by atoms with Gasteiger partial charge in [0.05, 0.1) is 0 Å². The first-order valence-corrected chi connectivity index (χ1v) is 2.24. The molecule has 0 amide bonds. The van der Waals surface area contributed by atoms with E-state index in [4.69, 9.17) is 15.5 Å². The standard InChI is InChI=1S/Co.4O/q-5;;;;. The molecule has 0 fully saturated rings. The molecule has 0 aromatic rings. The van der Waals surface area contributed by atoms with E-state index < -0.39 is 12.3 Å². The minimum absolute atomic E-state index is 5.38. The third kappa shape index (κ3) is 125. The number of hydrogen-bond donors (Lipinski definition) is 0. The second-order valence-corrected chi connectivity index (χ2v) is 1.37. The molecule has 0 aliphatic heterocycles. The van der Waals surface area contributed by atoms with Gasteiger partial charge in [0.25, 0.3) is 0 Å². The molecule has 0 saturated heterocycles. The molecule has 0 bridgehead atoms. The molecule has 0 unspecified atom stereocenters. The zero-order valence-electron chi connectivity index (χ0n) is 1.97. The van der Waals surface area contributed by atoms with Crippen molar-refractivity contribution in [3.63, 3.8) is 0 Å². The van der Waals surface area contributed by atoms with Gasteiger partial charge < -0.3 is 0 Å². The Bertz CT molecular complexity index is 155. The van der Waals surface area contributed by atoms with E-state index in [-0.39, 0.29) is 0 Å². The van der Waals surface area contributed by atoms with Crippen molar-refractivity contribution >= 4 is 0 Å². The van der Waals surface area contributed by atoms with Gasteiger partial charge >= 0.3 is 27.8 Å². The average molecular weight is 123 g/mol. The quantitative estimate of drug-likeness (QED) is 0.436. The summed E-state index contributed by atoms with van der Waals surface area (Å²) in [7, 11) is 0. The van der Waals surface area contributed by atoms with Gasteiger partial charge in [-0.25, -0.2) is 0 Å². The molecule has 5 heteroatoms. The van der Waals surface area contributed by atoms with Gasteiger partial charge in [0.2, 0.25) is 0 Å². The third-order valence-corrected chi connectivity index (χ3v) is 0. The van der Waals surface area contributed by atoms with E-state index in [1.54, 1.807) is 0 Å². The summed E-state index contributed by atoms with van der Waals surface area (Å²) in [4.78, 5) is 0. The van der Waals surface area contributed by atoms with E-state index in [1.165, 1.54) is 0 Å². The van der Waals surface area contributed by atoms with Gasteiger partial charge in [0.1, 0.15) is 0 Å². The molecule has 0 aromatic carbocycles. The van der Waals surface area contributed by atoms with Crippen LogP contribution in [0, 0.1) is 0 Å². The van der Waals surface area contributed by atoms with Crippen molar-refractivity contribution in [2.75, 3.05) is 0 Å². The summed E-state index contributed by atoms with van der Waals surface area (Å²) in [6.07, 6.45) is 0. The van der Waals surface area contributed by atoms with Gasteiger partial charge in [-0.3, -0.25) is 0 Å². The molecule has 0 rings (SSSR count). The Kier molecular flexibility index (Phi) is 0.785. The Morgan fingerprint density at radius 1 is 0.800 bits per heavy atom. The monoisotopic (exact) mass is 123 g/mol. The van der Waals surface area contributed by atoms with Gasteiger partial charge in [-0.1, -0.05) is 0 Å². The molecule has 0 aliphatic rings. The Balaban J connectivity index is 6.05. The van der Waals surface area contributed by atoms with Crippen molar-refractivity contribution in [2.45, 2.75) is 0 Å². The Morgan fingerprint density at radius 3 is 0.800 bits per heavy atom. The van der Waals surface area contributed by atoms with Crippen molar-refractivity contribution in [1.82, 2.24) is 0 Å².